The molecule has 0 saturated carbocycles. The molecule has 0 heterocycles. The molecule has 2 N–H and O–H groups in total. The van der Waals surface area contributed by atoms with Gasteiger partial charge >= 0.3 is 0 Å². The fourth-order valence-electron chi connectivity index (χ4n) is 1.87. The molecule has 4 heteroatoms. The molecule has 0 fully saturated rings. The maximum Gasteiger partial charge on any atom is 0.253 e. The summed E-state index contributed by atoms with van der Waals surface area (Å²) in [6.45, 7) is 9.89. The summed E-state index contributed by atoms with van der Waals surface area (Å²) in [4.78, 5) is 14.3. The Kier molecular flexibility index (Phi) is 5.39. The quantitative estimate of drug-likeness (QED) is 0.902. The zero-order valence-corrected chi connectivity index (χ0v) is 12.9. The number of nitrogens with two attached hydrogens (primary N) is 1. The summed E-state index contributed by atoms with van der Waals surface area (Å²) in [5.41, 5.74) is 7.26. The third-order valence-corrected chi connectivity index (χ3v) is 3.67. The van der Waals surface area contributed by atoms with Crippen LogP contribution in [0.3, 0.4) is 0 Å². The summed E-state index contributed by atoms with van der Waals surface area (Å²) in [5, 5.41) is 0.682. The number of amides is 1. The molecule has 1 rings (SSSR count). The van der Waals surface area contributed by atoms with Crippen molar-refractivity contribution in [1.29, 1.82) is 0 Å². The largest absolute Gasteiger partial charge is 0.338 e. The van der Waals surface area contributed by atoms with E-state index in [1.807, 2.05) is 24.8 Å². The SMILES string of the molecule is CCN(CC(C)(C)CN)C(=O)c1ccc(Cl)c(C)c1. The van der Waals surface area contributed by atoms with E-state index in [4.69, 9.17) is 17.3 Å². The number of hydrogen-bond donors (Lipinski definition) is 1. The van der Waals surface area contributed by atoms with E-state index >= 15 is 0 Å². The van der Waals surface area contributed by atoms with Gasteiger partial charge in [0.25, 0.3) is 5.91 Å². The Morgan fingerprint density at radius 1 is 1.42 bits per heavy atom. The minimum Gasteiger partial charge on any atom is -0.338 e. The predicted octanol–water partition coefficient (Wildman–Crippen LogP) is 3.10. The highest BCUT2D eigenvalue weighted by molar-refractivity contribution is 6.31. The van der Waals surface area contributed by atoms with Gasteiger partial charge in [-0.2, -0.15) is 0 Å². The highest BCUT2D eigenvalue weighted by Crippen LogP contribution is 2.20. The van der Waals surface area contributed by atoms with Crippen LogP contribution in [0.15, 0.2) is 18.2 Å². The average Bonchev–Trinajstić information content (AvgIpc) is 2.38. The van der Waals surface area contributed by atoms with Gasteiger partial charge in [0.2, 0.25) is 0 Å². The molecule has 0 aromatic heterocycles. The van der Waals surface area contributed by atoms with Crippen LogP contribution in [0.1, 0.15) is 36.7 Å². The third kappa shape index (κ3) is 4.22. The number of benzene rings is 1. The maximum absolute atomic E-state index is 12.5. The molecular weight excluding hydrogens is 260 g/mol. The first-order valence-corrected chi connectivity index (χ1v) is 6.94. The summed E-state index contributed by atoms with van der Waals surface area (Å²) in [7, 11) is 0. The fourth-order valence-corrected chi connectivity index (χ4v) is 1.99. The van der Waals surface area contributed by atoms with Crippen molar-refractivity contribution in [3.8, 4) is 0 Å². The van der Waals surface area contributed by atoms with Gasteiger partial charge in [-0.1, -0.05) is 25.4 Å². The minimum atomic E-state index is -0.0762. The number of carbonyl (C=O) groups is 1. The molecule has 0 spiro atoms. The molecule has 1 aromatic carbocycles. The molecule has 0 aliphatic heterocycles. The first-order chi connectivity index (χ1) is 8.80. The summed E-state index contributed by atoms with van der Waals surface area (Å²) in [6, 6.07) is 5.38. The Morgan fingerprint density at radius 2 is 2.05 bits per heavy atom. The second-order valence-electron chi connectivity index (χ2n) is 5.65. The molecule has 0 aliphatic rings. The summed E-state index contributed by atoms with van der Waals surface area (Å²) in [5.74, 6) is 0.0313. The Balaban J connectivity index is 2.92. The maximum atomic E-state index is 12.5. The minimum absolute atomic E-state index is 0.0313. The summed E-state index contributed by atoms with van der Waals surface area (Å²) < 4.78 is 0. The van der Waals surface area contributed by atoms with E-state index in [1.165, 1.54) is 0 Å². The van der Waals surface area contributed by atoms with Gasteiger partial charge in [0.1, 0.15) is 0 Å². The molecular formula is C15H23ClN2O. The second kappa shape index (κ2) is 6.40. The first kappa shape index (κ1) is 16.0. The molecule has 1 aromatic rings. The lowest BCUT2D eigenvalue weighted by atomic mass is 9.93. The number of carbonyl (C=O) groups excluding carboxylic acids is 1. The zero-order valence-electron chi connectivity index (χ0n) is 12.2. The van der Waals surface area contributed by atoms with Gasteiger partial charge < -0.3 is 10.6 Å². The zero-order chi connectivity index (χ0) is 14.6. The standard InChI is InChI=1S/C15H23ClN2O/c1-5-18(10-15(3,4)9-17)14(19)12-6-7-13(16)11(2)8-12/h6-8H,5,9-10,17H2,1-4H3. The van der Waals surface area contributed by atoms with Crippen LogP contribution < -0.4 is 5.73 Å². The van der Waals surface area contributed by atoms with Crippen LogP contribution >= 0.6 is 11.6 Å². The monoisotopic (exact) mass is 282 g/mol. The van der Waals surface area contributed by atoms with E-state index in [-0.39, 0.29) is 11.3 Å². The van der Waals surface area contributed by atoms with Gasteiger partial charge in [-0.05, 0) is 49.6 Å². The number of hydrogen-bond acceptors (Lipinski definition) is 2. The van der Waals surface area contributed by atoms with E-state index in [0.29, 0.717) is 30.2 Å². The molecule has 106 valence electrons. The van der Waals surface area contributed by atoms with Gasteiger partial charge in [-0.3, -0.25) is 4.79 Å². The van der Waals surface area contributed by atoms with Gasteiger partial charge in [-0.15, -0.1) is 0 Å². The van der Waals surface area contributed by atoms with E-state index < -0.39 is 0 Å². The Labute approximate surface area is 120 Å². The molecule has 0 unspecified atom stereocenters. The molecule has 3 nitrogen and oxygen atoms in total. The lowest BCUT2D eigenvalue weighted by molar-refractivity contribution is 0.0701. The average molecular weight is 283 g/mol. The van der Waals surface area contributed by atoms with Crippen molar-refractivity contribution in [2.45, 2.75) is 27.7 Å². The van der Waals surface area contributed by atoms with Gasteiger partial charge in [0.15, 0.2) is 0 Å². The number of aryl methyl sites for hydroxylation is 1. The topological polar surface area (TPSA) is 46.3 Å². The Morgan fingerprint density at radius 3 is 2.53 bits per heavy atom. The van der Waals surface area contributed by atoms with Gasteiger partial charge in [0, 0.05) is 23.7 Å². The van der Waals surface area contributed by atoms with Crippen molar-refractivity contribution in [2.75, 3.05) is 19.6 Å². The van der Waals surface area contributed by atoms with Crippen molar-refractivity contribution < 1.29 is 4.79 Å². The number of nitrogens with zero attached hydrogens (tertiary/aromatic N) is 1. The number of halogens is 1. The van der Waals surface area contributed by atoms with Crippen LogP contribution in [0.2, 0.25) is 5.02 Å². The highest BCUT2D eigenvalue weighted by atomic mass is 35.5. The van der Waals surface area contributed by atoms with Crippen LogP contribution in [0.25, 0.3) is 0 Å². The Bertz CT molecular complexity index is 457. The first-order valence-electron chi connectivity index (χ1n) is 6.56. The smallest absolute Gasteiger partial charge is 0.253 e. The van der Waals surface area contributed by atoms with Crippen molar-refractivity contribution in [3.63, 3.8) is 0 Å². The normalized spacial score (nSPS) is 11.5. The molecule has 0 aliphatic carbocycles. The van der Waals surface area contributed by atoms with Crippen LogP contribution in [-0.2, 0) is 0 Å². The lowest BCUT2D eigenvalue weighted by Crippen LogP contribution is -2.42. The number of rotatable bonds is 5. The van der Waals surface area contributed by atoms with Crippen molar-refractivity contribution >= 4 is 17.5 Å². The van der Waals surface area contributed by atoms with Crippen molar-refractivity contribution in [2.24, 2.45) is 11.1 Å². The van der Waals surface area contributed by atoms with Crippen LogP contribution in [-0.4, -0.2) is 30.4 Å². The molecule has 0 radical (unpaired) electrons. The van der Waals surface area contributed by atoms with Crippen molar-refractivity contribution in [3.05, 3.63) is 34.3 Å². The Hall–Kier alpha value is -1.06. The van der Waals surface area contributed by atoms with Crippen LogP contribution in [0.4, 0.5) is 0 Å². The van der Waals surface area contributed by atoms with Crippen LogP contribution in [0.5, 0.6) is 0 Å². The van der Waals surface area contributed by atoms with E-state index in [0.717, 1.165) is 5.56 Å². The van der Waals surface area contributed by atoms with Crippen LogP contribution in [0, 0.1) is 12.3 Å². The second-order valence-corrected chi connectivity index (χ2v) is 6.06. The summed E-state index contributed by atoms with van der Waals surface area (Å²) >= 11 is 5.99. The van der Waals surface area contributed by atoms with E-state index in [9.17, 15) is 4.79 Å². The molecule has 19 heavy (non-hydrogen) atoms. The third-order valence-electron chi connectivity index (χ3n) is 3.25. The molecule has 0 atom stereocenters. The molecule has 1 amide bonds. The summed E-state index contributed by atoms with van der Waals surface area (Å²) in [6.07, 6.45) is 0. The van der Waals surface area contributed by atoms with E-state index in [2.05, 4.69) is 13.8 Å². The molecule has 0 bridgehead atoms. The van der Waals surface area contributed by atoms with E-state index in [1.54, 1.807) is 12.1 Å². The highest BCUT2D eigenvalue weighted by Gasteiger charge is 2.23. The van der Waals surface area contributed by atoms with Gasteiger partial charge in [-0.25, -0.2) is 0 Å². The van der Waals surface area contributed by atoms with Gasteiger partial charge in [0.05, 0.1) is 0 Å². The van der Waals surface area contributed by atoms with Crippen molar-refractivity contribution in [1.82, 2.24) is 4.90 Å². The lowest BCUT2D eigenvalue weighted by Gasteiger charge is -2.31. The molecule has 0 saturated heterocycles. The fraction of sp³-hybridized carbons (Fsp3) is 0.533. The predicted molar refractivity (Wildman–Crippen MR) is 80.6 cm³/mol.